The second-order valence-corrected chi connectivity index (χ2v) is 6.25. The fraction of sp³-hybridized carbons (Fsp3) is 0.667. The number of rotatable bonds is 2. The van der Waals surface area contributed by atoms with Crippen LogP contribution in [-0.2, 0) is 4.74 Å². The van der Waals surface area contributed by atoms with Crippen molar-refractivity contribution in [3.63, 3.8) is 0 Å². The van der Waals surface area contributed by atoms with Crippen LogP contribution in [0.15, 0.2) is 12.7 Å². The Hall–Kier alpha value is -1.69. The zero-order chi connectivity index (χ0) is 14.1. The van der Waals surface area contributed by atoms with Crippen molar-refractivity contribution in [3.8, 4) is 0 Å². The van der Waals surface area contributed by atoms with E-state index in [-0.39, 0.29) is 5.60 Å². The molecule has 0 radical (unpaired) electrons. The summed E-state index contributed by atoms with van der Waals surface area (Å²) in [5, 5.41) is 3.58. The summed E-state index contributed by atoms with van der Waals surface area (Å²) in [4.78, 5) is 15.8. The Labute approximate surface area is 123 Å². The molecular weight excluding hydrogens is 266 g/mol. The highest BCUT2D eigenvalue weighted by atomic mass is 16.5. The van der Waals surface area contributed by atoms with Gasteiger partial charge in [-0.15, -0.1) is 0 Å². The molecule has 112 valence electrons. The number of fused-ring (bicyclic) bond motifs is 1. The summed E-state index contributed by atoms with van der Waals surface area (Å²) in [6, 6.07) is 0.415. The Morgan fingerprint density at radius 1 is 1.19 bits per heavy atom. The third kappa shape index (κ3) is 2.48. The predicted octanol–water partition coefficient (Wildman–Crippen LogP) is 2.65. The first kappa shape index (κ1) is 13.0. The van der Waals surface area contributed by atoms with Crippen molar-refractivity contribution in [3.05, 3.63) is 12.7 Å². The van der Waals surface area contributed by atoms with E-state index in [4.69, 9.17) is 4.74 Å². The van der Waals surface area contributed by atoms with E-state index in [1.165, 1.54) is 32.1 Å². The first-order valence-corrected chi connectivity index (χ1v) is 7.89. The van der Waals surface area contributed by atoms with Crippen molar-refractivity contribution in [1.29, 1.82) is 0 Å². The molecule has 2 fully saturated rings. The van der Waals surface area contributed by atoms with Gasteiger partial charge in [0, 0.05) is 12.6 Å². The van der Waals surface area contributed by atoms with Gasteiger partial charge in [-0.25, -0.2) is 15.0 Å². The van der Waals surface area contributed by atoms with Crippen LogP contribution >= 0.6 is 0 Å². The number of ether oxygens (including phenoxy) is 1. The van der Waals surface area contributed by atoms with Gasteiger partial charge >= 0.3 is 0 Å². The second kappa shape index (κ2) is 5.26. The Bertz CT molecular complexity index is 614. The van der Waals surface area contributed by atoms with E-state index >= 15 is 0 Å². The van der Waals surface area contributed by atoms with Crippen molar-refractivity contribution in [2.45, 2.75) is 56.6 Å². The number of anilines is 1. The molecule has 1 unspecified atom stereocenters. The van der Waals surface area contributed by atoms with E-state index < -0.39 is 0 Å². The van der Waals surface area contributed by atoms with Gasteiger partial charge in [-0.3, -0.25) is 0 Å². The van der Waals surface area contributed by atoms with E-state index in [0.29, 0.717) is 11.7 Å². The molecule has 2 N–H and O–H groups in total. The molecule has 2 aromatic rings. The lowest BCUT2D eigenvalue weighted by Crippen LogP contribution is -2.45. The Morgan fingerprint density at radius 3 is 3.00 bits per heavy atom. The number of aromatic nitrogens is 4. The average Bonchev–Trinajstić information content (AvgIpc) is 2.98. The highest BCUT2D eigenvalue weighted by Gasteiger charge is 2.38. The summed E-state index contributed by atoms with van der Waals surface area (Å²) in [5.41, 5.74) is 1.71. The Kier molecular flexibility index (Phi) is 3.25. The summed E-state index contributed by atoms with van der Waals surface area (Å²) >= 11 is 0. The summed E-state index contributed by atoms with van der Waals surface area (Å²) in [5.74, 6) is 0.857. The number of nitrogens with one attached hydrogen (secondary N) is 2. The standard InChI is InChI=1S/C15H21N5O/c1-2-5-15(6-3-1)8-11(4-7-21-15)20-14-12-13(17-9-16-12)18-10-19-14/h9-11H,1-8H2,(H2,16,17,18,19,20). The molecule has 0 amide bonds. The molecule has 4 rings (SSSR count). The minimum absolute atomic E-state index is 0.105. The lowest BCUT2D eigenvalue weighted by atomic mass is 9.78. The van der Waals surface area contributed by atoms with Gasteiger partial charge in [0.15, 0.2) is 11.5 Å². The maximum atomic E-state index is 6.15. The van der Waals surface area contributed by atoms with Crippen molar-refractivity contribution < 1.29 is 4.74 Å². The van der Waals surface area contributed by atoms with Crippen LogP contribution in [0, 0.1) is 0 Å². The normalized spacial score (nSPS) is 25.2. The summed E-state index contributed by atoms with van der Waals surface area (Å²) < 4.78 is 6.15. The monoisotopic (exact) mass is 287 g/mol. The fourth-order valence-electron chi connectivity index (χ4n) is 3.76. The molecule has 1 saturated carbocycles. The van der Waals surface area contributed by atoms with Gasteiger partial charge in [-0.05, 0) is 25.7 Å². The smallest absolute Gasteiger partial charge is 0.182 e. The van der Waals surface area contributed by atoms with Crippen LogP contribution in [0.3, 0.4) is 0 Å². The van der Waals surface area contributed by atoms with E-state index in [1.807, 2.05) is 0 Å². The Balaban J connectivity index is 1.52. The molecule has 0 aromatic carbocycles. The van der Waals surface area contributed by atoms with Crippen LogP contribution < -0.4 is 5.32 Å². The third-order valence-electron chi connectivity index (χ3n) is 4.82. The van der Waals surface area contributed by atoms with Crippen LogP contribution in [0.25, 0.3) is 11.2 Å². The summed E-state index contributed by atoms with van der Waals surface area (Å²) in [6.07, 6.45) is 11.7. The minimum atomic E-state index is 0.105. The van der Waals surface area contributed by atoms with Crippen molar-refractivity contribution in [2.24, 2.45) is 0 Å². The first-order valence-electron chi connectivity index (χ1n) is 7.89. The van der Waals surface area contributed by atoms with Gasteiger partial charge in [0.2, 0.25) is 0 Å². The van der Waals surface area contributed by atoms with E-state index in [9.17, 15) is 0 Å². The molecule has 2 aromatic heterocycles. The fourth-order valence-corrected chi connectivity index (χ4v) is 3.76. The Morgan fingerprint density at radius 2 is 2.10 bits per heavy atom. The number of hydrogen-bond acceptors (Lipinski definition) is 5. The molecule has 21 heavy (non-hydrogen) atoms. The summed E-state index contributed by atoms with van der Waals surface area (Å²) in [6.45, 7) is 0.842. The molecule has 3 heterocycles. The molecule has 1 atom stereocenters. The van der Waals surface area contributed by atoms with Gasteiger partial charge in [0.25, 0.3) is 0 Å². The molecule has 0 bridgehead atoms. The molecular formula is C15H21N5O. The van der Waals surface area contributed by atoms with Crippen molar-refractivity contribution in [1.82, 2.24) is 19.9 Å². The van der Waals surface area contributed by atoms with Crippen LogP contribution in [0.4, 0.5) is 5.82 Å². The zero-order valence-electron chi connectivity index (χ0n) is 12.1. The van der Waals surface area contributed by atoms with E-state index in [1.54, 1.807) is 12.7 Å². The van der Waals surface area contributed by atoms with Crippen LogP contribution in [-0.4, -0.2) is 38.2 Å². The molecule has 1 saturated heterocycles. The van der Waals surface area contributed by atoms with Gasteiger partial charge in [-0.1, -0.05) is 19.3 Å². The topological polar surface area (TPSA) is 75.7 Å². The minimum Gasteiger partial charge on any atom is -0.375 e. The SMILES string of the molecule is c1nc(NC2CCOC3(CCCCC3)C2)c2[nH]cnc2n1. The maximum absolute atomic E-state index is 6.15. The second-order valence-electron chi connectivity index (χ2n) is 6.25. The number of aromatic amines is 1. The van der Waals surface area contributed by atoms with E-state index in [0.717, 1.165) is 30.8 Å². The quantitative estimate of drug-likeness (QED) is 0.888. The molecule has 1 aliphatic carbocycles. The van der Waals surface area contributed by atoms with Crippen molar-refractivity contribution >= 4 is 17.0 Å². The lowest BCUT2D eigenvalue weighted by molar-refractivity contribution is -0.103. The lowest BCUT2D eigenvalue weighted by Gasteiger charge is -2.43. The number of H-pyrrole nitrogens is 1. The third-order valence-corrected chi connectivity index (χ3v) is 4.82. The van der Waals surface area contributed by atoms with Gasteiger partial charge in [0.05, 0.1) is 11.9 Å². The zero-order valence-corrected chi connectivity index (χ0v) is 12.1. The number of nitrogens with zero attached hydrogens (tertiary/aromatic N) is 3. The molecule has 1 aliphatic heterocycles. The van der Waals surface area contributed by atoms with Gasteiger partial charge in [0.1, 0.15) is 11.8 Å². The first-order chi connectivity index (χ1) is 10.3. The predicted molar refractivity (Wildman–Crippen MR) is 80.1 cm³/mol. The molecule has 2 aliphatic rings. The van der Waals surface area contributed by atoms with Crippen LogP contribution in [0.2, 0.25) is 0 Å². The maximum Gasteiger partial charge on any atom is 0.182 e. The van der Waals surface area contributed by atoms with Crippen molar-refractivity contribution in [2.75, 3.05) is 11.9 Å². The van der Waals surface area contributed by atoms with Gasteiger partial charge in [-0.2, -0.15) is 0 Å². The average molecular weight is 287 g/mol. The van der Waals surface area contributed by atoms with E-state index in [2.05, 4.69) is 25.3 Å². The summed E-state index contributed by atoms with van der Waals surface area (Å²) in [7, 11) is 0. The highest BCUT2D eigenvalue weighted by Crippen LogP contribution is 2.39. The van der Waals surface area contributed by atoms with Crippen LogP contribution in [0.5, 0.6) is 0 Å². The van der Waals surface area contributed by atoms with Gasteiger partial charge < -0.3 is 15.0 Å². The molecule has 6 nitrogen and oxygen atoms in total. The largest absolute Gasteiger partial charge is 0.375 e. The molecule has 6 heteroatoms. The highest BCUT2D eigenvalue weighted by molar-refractivity contribution is 5.82. The number of hydrogen-bond donors (Lipinski definition) is 2. The molecule has 1 spiro atoms. The number of imidazole rings is 1. The van der Waals surface area contributed by atoms with Crippen LogP contribution in [0.1, 0.15) is 44.9 Å².